The van der Waals surface area contributed by atoms with Crippen molar-refractivity contribution in [1.29, 1.82) is 0 Å². The summed E-state index contributed by atoms with van der Waals surface area (Å²) in [6.07, 6.45) is 1.84. The van der Waals surface area contributed by atoms with E-state index in [9.17, 15) is 4.79 Å². The van der Waals surface area contributed by atoms with E-state index in [1.165, 1.54) is 5.56 Å². The van der Waals surface area contributed by atoms with Crippen molar-refractivity contribution in [1.82, 2.24) is 5.32 Å². The summed E-state index contributed by atoms with van der Waals surface area (Å²) in [4.78, 5) is 12.5. The Bertz CT molecular complexity index is 470. The second-order valence-corrected chi connectivity index (χ2v) is 7.67. The first kappa shape index (κ1) is 17.7. The van der Waals surface area contributed by atoms with Crippen LogP contribution in [0.2, 0.25) is 0 Å². The molecule has 0 aliphatic heterocycles. The van der Waals surface area contributed by atoms with Crippen LogP contribution in [0.4, 0.5) is 0 Å². The molecule has 0 saturated carbocycles. The van der Waals surface area contributed by atoms with E-state index in [2.05, 4.69) is 31.3 Å². The van der Waals surface area contributed by atoms with Crippen LogP contribution in [0, 0.1) is 5.41 Å². The standard InChI is InChI=1S/C18H30N2O/c1-16(2,13-12-14-10-8-7-9-11-14)20-15(21)17(3,4)18(5,6)19/h7-11H,12-13,19H2,1-6H3,(H,20,21). The molecule has 3 heteroatoms. The number of hydrogen-bond acceptors (Lipinski definition) is 2. The molecule has 0 unspecified atom stereocenters. The SMILES string of the molecule is CC(C)(CCc1ccccc1)NC(=O)C(C)(C)C(C)(C)N. The normalized spacial score (nSPS) is 13.1. The van der Waals surface area contributed by atoms with Crippen molar-refractivity contribution in [3.05, 3.63) is 35.9 Å². The van der Waals surface area contributed by atoms with E-state index in [-0.39, 0.29) is 11.4 Å². The first-order valence-electron chi connectivity index (χ1n) is 7.61. The first-order valence-corrected chi connectivity index (χ1v) is 7.61. The van der Waals surface area contributed by atoms with Crippen molar-refractivity contribution in [3.8, 4) is 0 Å². The van der Waals surface area contributed by atoms with Gasteiger partial charge in [-0.3, -0.25) is 4.79 Å². The highest BCUT2D eigenvalue weighted by Crippen LogP contribution is 2.29. The van der Waals surface area contributed by atoms with Crippen LogP contribution in [0.5, 0.6) is 0 Å². The number of amides is 1. The largest absolute Gasteiger partial charge is 0.351 e. The fourth-order valence-electron chi connectivity index (χ4n) is 1.92. The Balaban J connectivity index is 2.66. The maximum absolute atomic E-state index is 12.5. The molecule has 1 aromatic carbocycles. The first-order chi connectivity index (χ1) is 9.46. The van der Waals surface area contributed by atoms with Gasteiger partial charge in [0.05, 0.1) is 5.41 Å². The highest BCUT2D eigenvalue weighted by molar-refractivity contribution is 5.83. The zero-order chi connectivity index (χ0) is 16.3. The molecule has 3 N–H and O–H groups in total. The predicted molar refractivity (Wildman–Crippen MR) is 89.0 cm³/mol. The van der Waals surface area contributed by atoms with Crippen LogP contribution >= 0.6 is 0 Å². The van der Waals surface area contributed by atoms with E-state index in [0.29, 0.717) is 0 Å². The van der Waals surface area contributed by atoms with E-state index in [0.717, 1.165) is 12.8 Å². The van der Waals surface area contributed by atoms with Gasteiger partial charge < -0.3 is 11.1 Å². The summed E-state index contributed by atoms with van der Waals surface area (Å²) in [7, 11) is 0. The van der Waals surface area contributed by atoms with E-state index in [1.807, 2.05) is 45.9 Å². The number of nitrogens with one attached hydrogen (secondary N) is 1. The minimum absolute atomic E-state index is 0.00746. The van der Waals surface area contributed by atoms with Gasteiger partial charge in [0, 0.05) is 11.1 Å². The monoisotopic (exact) mass is 290 g/mol. The van der Waals surface area contributed by atoms with Crippen LogP contribution in [0.25, 0.3) is 0 Å². The van der Waals surface area contributed by atoms with Crippen LogP contribution < -0.4 is 11.1 Å². The lowest BCUT2D eigenvalue weighted by Crippen LogP contribution is -2.59. The molecule has 1 aromatic rings. The molecule has 118 valence electrons. The molecule has 0 fully saturated rings. The maximum atomic E-state index is 12.5. The van der Waals surface area contributed by atoms with Crippen molar-refractivity contribution in [2.24, 2.45) is 11.1 Å². The second kappa shape index (κ2) is 6.18. The van der Waals surface area contributed by atoms with Crippen LogP contribution in [0.1, 0.15) is 53.5 Å². The lowest BCUT2D eigenvalue weighted by Gasteiger charge is -2.40. The van der Waals surface area contributed by atoms with Gasteiger partial charge in [0.25, 0.3) is 0 Å². The molecule has 0 saturated heterocycles. The third kappa shape index (κ3) is 4.85. The maximum Gasteiger partial charge on any atom is 0.227 e. The number of carbonyl (C=O) groups is 1. The molecule has 0 bridgehead atoms. The molecule has 0 heterocycles. The van der Waals surface area contributed by atoms with Gasteiger partial charge in [-0.15, -0.1) is 0 Å². The molecular weight excluding hydrogens is 260 g/mol. The average molecular weight is 290 g/mol. The summed E-state index contributed by atoms with van der Waals surface area (Å²) >= 11 is 0. The van der Waals surface area contributed by atoms with Gasteiger partial charge in [-0.1, -0.05) is 30.3 Å². The molecule has 1 rings (SSSR count). The minimum Gasteiger partial charge on any atom is -0.351 e. The molecule has 1 amide bonds. The van der Waals surface area contributed by atoms with Gasteiger partial charge in [-0.2, -0.15) is 0 Å². The smallest absolute Gasteiger partial charge is 0.227 e. The fraction of sp³-hybridized carbons (Fsp3) is 0.611. The topological polar surface area (TPSA) is 55.1 Å². The number of hydrogen-bond donors (Lipinski definition) is 2. The van der Waals surface area contributed by atoms with Crippen molar-refractivity contribution in [3.63, 3.8) is 0 Å². The van der Waals surface area contributed by atoms with Crippen LogP contribution in [0.15, 0.2) is 30.3 Å². The summed E-state index contributed by atoms with van der Waals surface area (Å²) < 4.78 is 0. The molecule has 0 atom stereocenters. The van der Waals surface area contributed by atoms with E-state index < -0.39 is 11.0 Å². The van der Waals surface area contributed by atoms with Gasteiger partial charge in [-0.25, -0.2) is 0 Å². The van der Waals surface area contributed by atoms with Crippen molar-refractivity contribution < 1.29 is 4.79 Å². The summed E-state index contributed by atoms with van der Waals surface area (Å²) in [6, 6.07) is 10.3. The van der Waals surface area contributed by atoms with Crippen LogP contribution in [0.3, 0.4) is 0 Å². The second-order valence-electron chi connectivity index (χ2n) is 7.67. The lowest BCUT2D eigenvalue weighted by atomic mass is 9.74. The van der Waals surface area contributed by atoms with Gasteiger partial charge >= 0.3 is 0 Å². The Morgan fingerprint density at radius 3 is 2.05 bits per heavy atom. The molecule has 0 radical (unpaired) electrons. The molecular formula is C18H30N2O. The predicted octanol–water partition coefficient (Wildman–Crippen LogP) is 3.28. The van der Waals surface area contributed by atoms with Crippen molar-refractivity contribution in [2.75, 3.05) is 0 Å². The third-order valence-electron chi connectivity index (χ3n) is 4.51. The lowest BCUT2D eigenvalue weighted by molar-refractivity contribution is -0.134. The summed E-state index contributed by atoms with van der Waals surface area (Å²) in [6.45, 7) is 11.7. The highest BCUT2D eigenvalue weighted by atomic mass is 16.2. The van der Waals surface area contributed by atoms with Gasteiger partial charge in [0.1, 0.15) is 0 Å². The molecule has 0 aromatic heterocycles. The fourth-order valence-corrected chi connectivity index (χ4v) is 1.92. The zero-order valence-corrected chi connectivity index (χ0v) is 14.3. The average Bonchev–Trinajstić information content (AvgIpc) is 2.36. The Kier molecular flexibility index (Phi) is 5.21. The van der Waals surface area contributed by atoms with Crippen molar-refractivity contribution >= 4 is 5.91 Å². The van der Waals surface area contributed by atoms with Gasteiger partial charge in [0.2, 0.25) is 5.91 Å². The van der Waals surface area contributed by atoms with Crippen molar-refractivity contribution in [2.45, 2.75) is 65.5 Å². The van der Waals surface area contributed by atoms with Gasteiger partial charge in [0.15, 0.2) is 0 Å². The number of carbonyl (C=O) groups excluding carboxylic acids is 1. The van der Waals surface area contributed by atoms with Crippen LogP contribution in [-0.4, -0.2) is 17.0 Å². The number of nitrogens with two attached hydrogens (primary N) is 1. The molecule has 3 nitrogen and oxygen atoms in total. The minimum atomic E-state index is -0.614. The Hall–Kier alpha value is -1.35. The summed E-state index contributed by atoms with van der Waals surface area (Å²) in [5, 5.41) is 3.15. The summed E-state index contributed by atoms with van der Waals surface area (Å²) in [5.41, 5.74) is 6.00. The Labute approximate surface area is 129 Å². The Morgan fingerprint density at radius 2 is 1.57 bits per heavy atom. The summed E-state index contributed by atoms with van der Waals surface area (Å²) in [5.74, 6) is 0.00746. The zero-order valence-electron chi connectivity index (χ0n) is 14.3. The van der Waals surface area contributed by atoms with E-state index in [4.69, 9.17) is 5.73 Å². The molecule has 0 aliphatic rings. The van der Waals surface area contributed by atoms with Crippen LogP contribution in [-0.2, 0) is 11.2 Å². The van der Waals surface area contributed by atoms with Gasteiger partial charge in [-0.05, 0) is 59.9 Å². The third-order valence-corrected chi connectivity index (χ3v) is 4.51. The van der Waals surface area contributed by atoms with E-state index >= 15 is 0 Å². The number of benzene rings is 1. The number of rotatable bonds is 6. The molecule has 0 aliphatic carbocycles. The highest BCUT2D eigenvalue weighted by Gasteiger charge is 2.41. The quantitative estimate of drug-likeness (QED) is 0.844. The molecule has 0 spiro atoms. The van der Waals surface area contributed by atoms with E-state index in [1.54, 1.807) is 0 Å². The Morgan fingerprint density at radius 1 is 1.05 bits per heavy atom. The molecule has 21 heavy (non-hydrogen) atoms. The number of aryl methyl sites for hydroxylation is 1.